The van der Waals surface area contributed by atoms with E-state index < -0.39 is 0 Å². The third-order valence-corrected chi connectivity index (χ3v) is 7.20. The van der Waals surface area contributed by atoms with Crippen LogP contribution in [0.3, 0.4) is 0 Å². The van der Waals surface area contributed by atoms with Crippen LogP contribution in [0, 0.1) is 6.92 Å². The van der Waals surface area contributed by atoms with E-state index in [1.54, 1.807) is 21.6 Å². The molecule has 8 heteroatoms. The molecule has 6 nitrogen and oxygen atoms in total. The summed E-state index contributed by atoms with van der Waals surface area (Å²) in [5, 5.41) is 3.33. The minimum atomic E-state index is -0.183. The molecule has 164 valence electrons. The Morgan fingerprint density at radius 3 is 2.77 bits per heavy atom. The summed E-state index contributed by atoms with van der Waals surface area (Å²) >= 11 is 6.81. The van der Waals surface area contributed by atoms with Crippen molar-refractivity contribution >= 4 is 51.7 Å². The fraction of sp³-hybridized carbons (Fsp3) is 0.478. The third kappa shape index (κ3) is 4.55. The molecule has 2 fully saturated rings. The van der Waals surface area contributed by atoms with Crippen molar-refractivity contribution in [2.75, 3.05) is 11.9 Å². The Morgan fingerprint density at radius 2 is 2.03 bits per heavy atom. The Kier molecular flexibility index (Phi) is 6.77. The number of thiocarbonyl (C=S) groups is 1. The molecule has 0 aromatic carbocycles. The standard InChI is InChI=1S/C23H28N4O2S2/c1-3-4-7-12-24-20-17(21(28)26-14-15(2)10-11-19(26)25-20)13-18-22(29)27(23(30)31-18)16-8-5-6-9-16/h10-11,13-14,16,24H,3-9,12H2,1-2H3. The maximum absolute atomic E-state index is 13.4. The summed E-state index contributed by atoms with van der Waals surface area (Å²) < 4.78 is 2.14. The van der Waals surface area contributed by atoms with Crippen molar-refractivity contribution in [3.63, 3.8) is 0 Å². The number of rotatable bonds is 7. The van der Waals surface area contributed by atoms with Crippen LogP contribution in [-0.2, 0) is 4.79 Å². The Hall–Kier alpha value is -2.19. The van der Waals surface area contributed by atoms with Gasteiger partial charge in [-0.25, -0.2) is 4.98 Å². The molecule has 0 radical (unpaired) electrons. The summed E-state index contributed by atoms with van der Waals surface area (Å²) in [4.78, 5) is 33.5. The molecule has 3 heterocycles. The Morgan fingerprint density at radius 1 is 1.26 bits per heavy atom. The molecule has 1 saturated heterocycles. The van der Waals surface area contributed by atoms with Gasteiger partial charge in [0.25, 0.3) is 11.5 Å². The summed E-state index contributed by atoms with van der Waals surface area (Å²) in [6.45, 7) is 4.82. The van der Waals surface area contributed by atoms with Crippen LogP contribution >= 0.6 is 24.0 Å². The number of carbonyl (C=O) groups excluding carboxylic acids is 1. The van der Waals surface area contributed by atoms with E-state index in [1.807, 2.05) is 19.1 Å². The zero-order chi connectivity index (χ0) is 22.0. The van der Waals surface area contributed by atoms with Gasteiger partial charge in [0.15, 0.2) is 0 Å². The number of nitrogens with zero attached hydrogens (tertiary/aromatic N) is 3. The van der Waals surface area contributed by atoms with Crippen molar-refractivity contribution in [1.82, 2.24) is 14.3 Å². The van der Waals surface area contributed by atoms with Crippen LogP contribution < -0.4 is 10.9 Å². The number of aryl methyl sites for hydroxylation is 1. The topological polar surface area (TPSA) is 66.7 Å². The van der Waals surface area contributed by atoms with Crippen LogP contribution in [0.5, 0.6) is 0 Å². The zero-order valence-corrected chi connectivity index (χ0v) is 19.7. The lowest BCUT2D eigenvalue weighted by atomic mass is 10.2. The number of carbonyl (C=O) groups is 1. The van der Waals surface area contributed by atoms with Gasteiger partial charge in [-0.1, -0.05) is 62.7 Å². The number of hydrogen-bond acceptors (Lipinski definition) is 6. The molecular formula is C23H28N4O2S2. The van der Waals surface area contributed by atoms with Crippen LogP contribution in [0.15, 0.2) is 28.0 Å². The lowest BCUT2D eigenvalue weighted by molar-refractivity contribution is -0.123. The van der Waals surface area contributed by atoms with Crippen LogP contribution in [0.4, 0.5) is 5.82 Å². The molecule has 31 heavy (non-hydrogen) atoms. The van der Waals surface area contributed by atoms with Gasteiger partial charge in [-0.15, -0.1) is 0 Å². The average molecular weight is 457 g/mol. The maximum Gasteiger partial charge on any atom is 0.267 e. The quantitative estimate of drug-likeness (QED) is 0.368. The number of aromatic nitrogens is 2. The second-order valence-electron chi connectivity index (χ2n) is 8.24. The molecule has 1 aliphatic carbocycles. The van der Waals surface area contributed by atoms with E-state index in [0.717, 1.165) is 57.1 Å². The number of nitrogens with one attached hydrogen (secondary N) is 1. The third-order valence-electron chi connectivity index (χ3n) is 5.87. The Bertz CT molecular complexity index is 1100. The molecule has 1 N–H and O–H groups in total. The SMILES string of the molecule is CCCCCNc1nc2ccc(C)cn2c(=O)c1C=C1SC(=S)N(C2CCCC2)C1=O. The highest BCUT2D eigenvalue weighted by Crippen LogP contribution is 2.38. The van der Waals surface area contributed by atoms with E-state index in [-0.39, 0.29) is 17.5 Å². The number of thioether (sulfide) groups is 1. The first kappa shape index (κ1) is 22.0. The van der Waals surface area contributed by atoms with E-state index in [1.165, 1.54) is 11.8 Å². The largest absolute Gasteiger partial charge is 0.369 e. The lowest BCUT2D eigenvalue weighted by Gasteiger charge is -2.21. The van der Waals surface area contributed by atoms with Crippen molar-refractivity contribution in [1.29, 1.82) is 0 Å². The molecule has 2 aromatic heterocycles. The minimum absolute atomic E-state index is 0.0902. The van der Waals surface area contributed by atoms with Crippen molar-refractivity contribution in [2.45, 2.75) is 64.8 Å². The molecule has 1 amide bonds. The van der Waals surface area contributed by atoms with Gasteiger partial charge in [-0.05, 0) is 43.9 Å². The smallest absolute Gasteiger partial charge is 0.267 e. The van der Waals surface area contributed by atoms with Gasteiger partial charge in [-0.2, -0.15) is 0 Å². The van der Waals surface area contributed by atoms with Crippen molar-refractivity contribution in [2.24, 2.45) is 0 Å². The molecule has 2 aliphatic rings. The van der Waals surface area contributed by atoms with Gasteiger partial charge >= 0.3 is 0 Å². The predicted octanol–water partition coefficient (Wildman–Crippen LogP) is 4.75. The number of hydrogen-bond donors (Lipinski definition) is 1. The highest BCUT2D eigenvalue weighted by atomic mass is 32.2. The van der Waals surface area contributed by atoms with Gasteiger partial charge in [0, 0.05) is 18.8 Å². The van der Waals surface area contributed by atoms with E-state index in [4.69, 9.17) is 17.2 Å². The predicted molar refractivity (Wildman–Crippen MR) is 131 cm³/mol. The number of pyridine rings is 1. The van der Waals surface area contributed by atoms with E-state index in [0.29, 0.717) is 26.3 Å². The first-order chi connectivity index (χ1) is 15.0. The van der Waals surface area contributed by atoms with Crippen LogP contribution in [-0.4, -0.2) is 37.1 Å². The molecule has 4 rings (SSSR count). The number of unbranched alkanes of at least 4 members (excludes halogenated alkanes) is 2. The molecular weight excluding hydrogens is 428 g/mol. The second-order valence-corrected chi connectivity index (χ2v) is 9.91. The van der Waals surface area contributed by atoms with Crippen LogP contribution in [0.1, 0.15) is 63.0 Å². The summed E-state index contributed by atoms with van der Waals surface area (Å²) in [5.74, 6) is 0.434. The molecule has 0 spiro atoms. The lowest BCUT2D eigenvalue weighted by Crippen LogP contribution is -2.36. The molecule has 2 aromatic rings. The van der Waals surface area contributed by atoms with Crippen molar-refractivity contribution < 1.29 is 4.79 Å². The highest BCUT2D eigenvalue weighted by molar-refractivity contribution is 8.26. The zero-order valence-electron chi connectivity index (χ0n) is 18.0. The van der Waals surface area contributed by atoms with Gasteiger partial charge in [0.05, 0.1) is 10.5 Å². The van der Waals surface area contributed by atoms with Crippen molar-refractivity contribution in [3.05, 3.63) is 44.7 Å². The molecule has 1 saturated carbocycles. The average Bonchev–Trinajstić information content (AvgIpc) is 3.36. The van der Waals surface area contributed by atoms with E-state index in [2.05, 4.69) is 12.2 Å². The van der Waals surface area contributed by atoms with Crippen LogP contribution in [0.25, 0.3) is 11.7 Å². The summed E-state index contributed by atoms with van der Waals surface area (Å²) in [7, 11) is 0. The number of anilines is 1. The van der Waals surface area contributed by atoms with Gasteiger partial charge in [0.2, 0.25) is 0 Å². The first-order valence-electron chi connectivity index (χ1n) is 11.0. The van der Waals surface area contributed by atoms with Gasteiger partial charge < -0.3 is 5.32 Å². The fourth-order valence-electron chi connectivity index (χ4n) is 4.19. The Labute approximate surface area is 192 Å². The summed E-state index contributed by atoms with van der Waals surface area (Å²) in [6.07, 6.45) is 10.9. The molecule has 0 bridgehead atoms. The number of fused-ring (bicyclic) bond motifs is 1. The first-order valence-corrected chi connectivity index (χ1v) is 12.3. The maximum atomic E-state index is 13.4. The molecule has 1 aliphatic heterocycles. The van der Waals surface area contributed by atoms with Gasteiger partial charge in [0.1, 0.15) is 15.8 Å². The Balaban J connectivity index is 1.74. The molecule has 0 atom stereocenters. The highest BCUT2D eigenvalue weighted by Gasteiger charge is 2.38. The van der Waals surface area contributed by atoms with E-state index >= 15 is 0 Å². The van der Waals surface area contributed by atoms with E-state index in [9.17, 15) is 9.59 Å². The normalized spacial score (nSPS) is 18.6. The number of amides is 1. The monoisotopic (exact) mass is 456 g/mol. The fourth-order valence-corrected chi connectivity index (χ4v) is 5.58. The van der Waals surface area contributed by atoms with Crippen LogP contribution in [0.2, 0.25) is 0 Å². The second kappa shape index (κ2) is 9.53. The summed E-state index contributed by atoms with van der Waals surface area (Å²) in [6, 6.07) is 3.97. The van der Waals surface area contributed by atoms with Crippen molar-refractivity contribution in [3.8, 4) is 0 Å². The molecule has 0 unspecified atom stereocenters. The summed E-state index contributed by atoms with van der Waals surface area (Å²) in [5.41, 5.74) is 1.78. The minimum Gasteiger partial charge on any atom is -0.369 e. The van der Waals surface area contributed by atoms with Gasteiger partial charge in [-0.3, -0.25) is 18.9 Å².